The number of fused-ring (bicyclic) bond motifs is 1. The summed E-state index contributed by atoms with van der Waals surface area (Å²) in [5, 5.41) is 8.35. The number of aryl methyl sites for hydroxylation is 2. The number of imidazole rings is 1. The van der Waals surface area contributed by atoms with E-state index >= 15 is 0 Å². The van der Waals surface area contributed by atoms with E-state index in [0.717, 1.165) is 37.3 Å². The van der Waals surface area contributed by atoms with Crippen LogP contribution in [0.3, 0.4) is 0 Å². The second kappa shape index (κ2) is 5.74. The largest absolute Gasteiger partial charge is 0.331 e. The summed E-state index contributed by atoms with van der Waals surface area (Å²) in [5.74, 6) is 0. The molecule has 7 heteroatoms. The molecule has 0 saturated heterocycles. The number of anilines is 2. The first-order valence-corrected chi connectivity index (χ1v) is 9.58. The third-order valence-corrected chi connectivity index (χ3v) is 5.97. The summed E-state index contributed by atoms with van der Waals surface area (Å²) in [4.78, 5) is 10.3. The highest BCUT2D eigenvalue weighted by molar-refractivity contribution is 9.10. The lowest BCUT2D eigenvalue weighted by Gasteiger charge is -2.04. The van der Waals surface area contributed by atoms with E-state index in [4.69, 9.17) is 4.98 Å². The van der Waals surface area contributed by atoms with E-state index in [0.29, 0.717) is 0 Å². The van der Waals surface area contributed by atoms with E-state index in [-0.39, 0.29) is 0 Å². The van der Waals surface area contributed by atoms with Gasteiger partial charge >= 0.3 is 0 Å². The fourth-order valence-corrected chi connectivity index (χ4v) is 4.29. The predicted octanol–water partition coefficient (Wildman–Crippen LogP) is 5.64. The van der Waals surface area contributed by atoms with Crippen LogP contribution in [0, 0.1) is 13.8 Å². The van der Waals surface area contributed by atoms with E-state index in [1.54, 1.807) is 22.7 Å². The maximum Gasteiger partial charge on any atom is 0.194 e. The van der Waals surface area contributed by atoms with Crippen LogP contribution in [0.15, 0.2) is 39.6 Å². The number of thiazole rings is 2. The Labute approximate surface area is 150 Å². The topological polar surface area (TPSA) is 42.2 Å². The molecular formula is C16H13BrN4S2. The molecule has 4 rings (SSSR count). The molecule has 4 aromatic rings. The fourth-order valence-electron chi connectivity index (χ4n) is 2.44. The van der Waals surface area contributed by atoms with Gasteiger partial charge in [-0.2, -0.15) is 0 Å². The summed E-state index contributed by atoms with van der Waals surface area (Å²) in [5.41, 5.74) is 5.26. The summed E-state index contributed by atoms with van der Waals surface area (Å²) in [6, 6.07) is 6.21. The van der Waals surface area contributed by atoms with Crippen molar-refractivity contribution in [2.24, 2.45) is 0 Å². The van der Waals surface area contributed by atoms with Crippen molar-refractivity contribution in [2.75, 3.05) is 5.32 Å². The number of hydrogen-bond acceptors (Lipinski definition) is 5. The van der Waals surface area contributed by atoms with Gasteiger partial charge in [0.1, 0.15) is 5.69 Å². The Morgan fingerprint density at radius 1 is 1.17 bits per heavy atom. The van der Waals surface area contributed by atoms with Crippen molar-refractivity contribution in [3.63, 3.8) is 0 Å². The quantitative estimate of drug-likeness (QED) is 0.480. The Morgan fingerprint density at radius 3 is 2.87 bits per heavy atom. The number of hydrogen-bond donors (Lipinski definition) is 1. The van der Waals surface area contributed by atoms with Crippen LogP contribution in [0.2, 0.25) is 0 Å². The van der Waals surface area contributed by atoms with Gasteiger partial charge in [-0.15, -0.1) is 22.7 Å². The SMILES string of the molecule is Cc1ccc(Nc2nc(-c3c(C)nc4sccn34)cs2)cc1Br. The molecule has 0 aliphatic carbocycles. The second-order valence-corrected chi connectivity index (χ2v) is 7.81. The molecule has 0 saturated carbocycles. The molecule has 0 aliphatic heterocycles. The second-order valence-electron chi connectivity index (χ2n) is 5.23. The van der Waals surface area contributed by atoms with Gasteiger partial charge in [-0.1, -0.05) is 22.0 Å². The van der Waals surface area contributed by atoms with Crippen molar-refractivity contribution < 1.29 is 0 Å². The molecule has 3 heterocycles. The van der Waals surface area contributed by atoms with Crippen molar-refractivity contribution in [2.45, 2.75) is 13.8 Å². The Balaban J connectivity index is 1.67. The highest BCUT2D eigenvalue weighted by Crippen LogP contribution is 2.31. The Bertz CT molecular complexity index is 999. The molecule has 1 N–H and O–H groups in total. The lowest BCUT2D eigenvalue weighted by molar-refractivity contribution is 1.20. The van der Waals surface area contributed by atoms with E-state index in [2.05, 4.69) is 61.1 Å². The molecule has 116 valence electrons. The van der Waals surface area contributed by atoms with Gasteiger partial charge in [0.2, 0.25) is 0 Å². The fraction of sp³-hybridized carbons (Fsp3) is 0.125. The lowest BCUT2D eigenvalue weighted by atomic mass is 10.2. The summed E-state index contributed by atoms with van der Waals surface area (Å²) in [7, 11) is 0. The Kier molecular flexibility index (Phi) is 3.71. The van der Waals surface area contributed by atoms with Crippen molar-refractivity contribution >= 4 is 54.4 Å². The van der Waals surface area contributed by atoms with Gasteiger partial charge in [-0.05, 0) is 31.5 Å². The highest BCUT2D eigenvalue weighted by Gasteiger charge is 2.15. The third-order valence-electron chi connectivity index (χ3n) is 3.61. The molecule has 0 bridgehead atoms. The van der Waals surface area contributed by atoms with Crippen LogP contribution < -0.4 is 5.32 Å². The van der Waals surface area contributed by atoms with Crippen molar-refractivity contribution in [3.05, 3.63) is 50.9 Å². The van der Waals surface area contributed by atoms with Gasteiger partial charge in [0.05, 0.1) is 11.4 Å². The Hall–Kier alpha value is -1.70. The van der Waals surface area contributed by atoms with Crippen LogP contribution in [-0.2, 0) is 0 Å². The van der Waals surface area contributed by atoms with Crippen LogP contribution in [0.1, 0.15) is 11.3 Å². The third kappa shape index (κ3) is 2.69. The number of nitrogens with zero attached hydrogens (tertiary/aromatic N) is 3. The molecule has 4 nitrogen and oxygen atoms in total. The van der Waals surface area contributed by atoms with E-state index in [9.17, 15) is 0 Å². The number of halogens is 1. The van der Waals surface area contributed by atoms with Crippen LogP contribution in [0.5, 0.6) is 0 Å². The van der Waals surface area contributed by atoms with Gasteiger partial charge < -0.3 is 5.32 Å². The van der Waals surface area contributed by atoms with Crippen molar-refractivity contribution in [1.29, 1.82) is 0 Å². The van der Waals surface area contributed by atoms with Gasteiger partial charge in [-0.3, -0.25) is 4.40 Å². The smallest absolute Gasteiger partial charge is 0.194 e. The van der Waals surface area contributed by atoms with Gasteiger partial charge in [0.15, 0.2) is 10.1 Å². The summed E-state index contributed by atoms with van der Waals surface area (Å²) in [6.07, 6.45) is 2.04. The first kappa shape index (κ1) is 14.9. The van der Waals surface area contributed by atoms with Crippen LogP contribution in [0.25, 0.3) is 16.3 Å². The molecule has 0 spiro atoms. The van der Waals surface area contributed by atoms with Crippen molar-refractivity contribution in [3.8, 4) is 11.4 Å². The zero-order chi connectivity index (χ0) is 16.0. The minimum absolute atomic E-state index is 0.875. The number of rotatable bonds is 3. The first-order valence-electron chi connectivity index (χ1n) is 7.03. The first-order chi connectivity index (χ1) is 11.1. The highest BCUT2D eigenvalue weighted by atomic mass is 79.9. The van der Waals surface area contributed by atoms with Gasteiger partial charge in [0, 0.05) is 27.1 Å². The summed E-state index contributed by atoms with van der Waals surface area (Å²) < 4.78 is 3.19. The minimum atomic E-state index is 0.875. The molecule has 0 aliphatic rings. The summed E-state index contributed by atoms with van der Waals surface area (Å²) in [6.45, 7) is 4.10. The monoisotopic (exact) mass is 404 g/mol. The molecule has 0 unspecified atom stereocenters. The van der Waals surface area contributed by atoms with Gasteiger partial charge in [0.25, 0.3) is 0 Å². The molecule has 0 radical (unpaired) electrons. The maximum atomic E-state index is 4.73. The van der Waals surface area contributed by atoms with Crippen LogP contribution >= 0.6 is 38.6 Å². The number of benzene rings is 1. The summed E-state index contributed by atoms with van der Waals surface area (Å²) >= 11 is 6.79. The molecular weight excluding hydrogens is 392 g/mol. The van der Waals surface area contributed by atoms with E-state index in [1.807, 2.05) is 18.5 Å². The van der Waals surface area contributed by atoms with Crippen LogP contribution in [0.4, 0.5) is 10.8 Å². The molecule has 0 amide bonds. The number of nitrogens with one attached hydrogen (secondary N) is 1. The average molecular weight is 405 g/mol. The number of aromatic nitrogens is 3. The minimum Gasteiger partial charge on any atom is -0.331 e. The van der Waals surface area contributed by atoms with E-state index < -0.39 is 0 Å². The predicted molar refractivity (Wildman–Crippen MR) is 101 cm³/mol. The zero-order valence-corrected chi connectivity index (χ0v) is 15.7. The molecule has 1 aromatic carbocycles. The molecule has 0 fully saturated rings. The maximum absolute atomic E-state index is 4.73. The molecule has 3 aromatic heterocycles. The average Bonchev–Trinajstić information content (AvgIpc) is 3.19. The lowest BCUT2D eigenvalue weighted by Crippen LogP contribution is -1.91. The standard InChI is InChI=1S/C16H13BrN4S2/c1-9-3-4-11(7-12(9)17)19-15-20-13(8-23-15)14-10(2)18-16-21(14)5-6-22-16/h3-8H,1-2H3,(H,19,20). The van der Waals surface area contributed by atoms with Crippen molar-refractivity contribution in [1.82, 2.24) is 14.4 Å². The van der Waals surface area contributed by atoms with E-state index in [1.165, 1.54) is 5.56 Å². The molecule has 0 atom stereocenters. The van der Waals surface area contributed by atoms with Crippen LogP contribution in [-0.4, -0.2) is 14.4 Å². The molecule has 23 heavy (non-hydrogen) atoms. The Morgan fingerprint density at radius 2 is 2.04 bits per heavy atom. The zero-order valence-electron chi connectivity index (χ0n) is 12.5. The van der Waals surface area contributed by atoms with Gasteiger partial charge in [-0.25, -0.2) is 9.97 Å². The normalized spacial score (nSPS) is 11.3.